The lowest BCUT2D eigenvalue weighted by molar-refractivity contribution is -0.189. The van der Waals surface area contributed by atoms with Crippen LogP contribution in [0.3, 0.4) is 0 Å². The largest absolute Gasteiger partial charge is 0.454 e. The second kappa shape index (κ2) is 10.5. The summed E-state index contributed by atoms with van der Waals surface area (Å²) in [6, 6.07) is 7.91. The number of halogens is 10. The second-order valence-corrected chi connectivity index (χ2v) is 9.92. The van der Waals surface area contributed by atoms with Crippen LogP contribution < -0.4 is 9.47 Å². The zero-order chi connectivity index (χ0) is 30.6. The molecule has 0 saturated carbocycles. The van der Waals surface area contributed by atoms with Gasteiger partial charge >= 0.3 is 12.2 Å². The van der Waals surface area contributed by atoms with E-state index in [2.05, 4.69) is 14.5 Å². The van der Waals surface area contributed by atoms with Gasteiger partial charge in [-0.05, 0) is 54.4 Å². The first-order chi connectivity index (χ1) is 19.6. The van der Waals surface area contributed by atoms with Crippen molar-refractivity contribution in [3.05, 3.63) is 112 Å². The van der Waals surface area contributed by atoms with E-state index in [1.54, 1.807) is 6.92 Å². The first kappa shape index (κ1) is 29.2. The molecule has 218 valence electrons. The van der Waals surface area contributed by atoms with Gasteiger partial charge in [0, 0.05) is 17.7 Å². The maximum atomic E-state index is 14.9. The van der Waals surface area contributed by atoms with Crippen molar-refractivity contribution in [3.8, 4) is 22.6 Å². The Morgan fingerprint density at radius 1 is 0.643 bits per heavy atom. The van der Waals surface area contributed by atoms with Gasteiger partial charge in [0.1, 0.15) is 34.5 Å². The van der Waals surface area contributed by atoms with E-state index >= 15 is 0 Å². The zero-order valence-electron chi connectivity index (χ0n) is 20.7. The summed E-state index contributed by atoms with van der Waals surface area (Å²) in [6.45, 7) is 1.58. The monoisotopic (exact) mass is 617 g/mol. The highest BCUT2D eigenvalue weighted by Crippen LogP contribution is 2.41. The molecule has 0 amide bonds. The third-order valence-electron chi connectivity index (χ3n) is 5.83. The van der Waals surface area contributed by atoms with E-state index in [1.807, 2.05) is 0 Å². The molecule has 0 aliphatic rings. The summed E-state index contributed by atoms with van der Waals surface area (Å²) in [6.07, 6.45) is -8.90. The molecule has 4 aromatic carbocycles. The first-order valence-electron chi connectivity index (χ1n) is 11.6. The molecule has 3 nitrogen and oxygen atoms in total. The molecule has 14 heteroatoms. The quantitative estimate of drug-likeness (QED) is 0.135. The highest BCUT2D eigenvalue weighted by Gasteiger charge is 2.42. The molecule has 0 aliphatic carbocycles. The number of ether oxygens (including phenoxy) is 2. The van der Waals surface area contributed by atoms with E-state index in [0.717, 1.165) is 24.3 Å². The number of hydrogen-bond donors (Lipinski definition) is 0. The first-order valence-corrected chi connectivity index (χ1v) is 12.4. The molecule has 0 N–H and O–H groups in total. The molecular formula is C28H13F10NO2S. The molecule has 0 atom stereocenters. The van der Waals surface area contributed by atoms with Crippen LogP contribution >= 0.6 is 11.3 Å². The van der Waals surface area contributed by atoms with Gasteiger partial charge in [-0.3, -0.25) is 0 Å². The molecule has 0 aliphatic heterocycles. The van der Waals surface area contributed by atoms with Crippen molar-refractivity contribution in [1.82, 2.24) is 4.98 Å². The summed E-state index contributed by atoms with van der Waals surface area (Å²) in [4.78, 5) is 3.61. The Bertz CT molecular complexity index is 1790. The molecule has 1 heterocycles. The van der Waals surface area contributed by atoms with Gasteiger partial charge < -0.3 is 9.47 Å². The highest BCUT2D eigenvalue weighted by atomic mass is 32.1. The van der Waals surface area contributed by atoms with Gasteiger partial charge in [-0.15, -0.1) is 11.3 Å². The summed E-state index contributed by atoms with van der Waals surface area (Å²) in [7, 11) is 0. The maximum Gasteiger partial charge on any atom is 0.454 e. The van der Waals surface area contributed by atoms with Crippen molar-refractivity contribution < 1.29 is 53.4 Å². The van der Waals surface area contributed by atoms with Crippen molar-refractivity contribution in [3.63, 3.8) is 0 Å². The topological polar surface area (TPSA) is 31.4 Å². The SMILES string of the molecule is Cc1ccc(-c2cc(F)c(C(F)(F)Oc3ccc4nc(C(F)(F)Oc5cc(F)c(F)c(F)c5)sc4c3)c(F)c2)c(F)c1. The van der Waals surface area contributed by atoms with Crippen LogP contribution in [0.1, 0.15) is 16.1 Å². The van der Waals surface area contributed by atoms with Gasteiger partial charge in [0.25, 0.3) is 0 Å². The van der Waals surface area contributed by atoms with Crippen LogP contribution in [0, 0.1) is 41.8 Å². The molecule has 0 bridgehead atoms. The average Bonchev–Trinajstić information content (AvgIpc) is 3.31. The number of hydrogen-bond acceptors (Lipinski definition) is 4. The zero-order valence-corrected chi connectivity index (χ0v) is 21.5. The molecule has 0 fully saturated rings. The van der Waals surface area contributed by atoms with Gasteiger partial charge in [0.05, 0.1) is 10.2 Å². The van der Waals surface area contributed by atoms with Crippen LogP contribution in [-0.2, 0) is 12.2 Å². The van der Waals surface area contributed by atoms with Crippen LogP contribution in [-0.4, -0.2) is 4.98 Å². The molecule has 5 rings (SSSR count). The van der Waals surface area contributed by atoms with E-state index in [-0.39, 0.29) is 44.8 Å². The van der Waals surface area contributed by atoms with Gasteiger partial charge in [-0.25, -0.2) is 31.3 Å². The van der Waals surface area contributed by atoms with Crippen LogP contribution in [0.2, 0.25) is 0 Å². The normalized spacial score (nSPS) is 12.2. The fourth-order valence-electron chi connectivity index (χ4n) is 3.94. The van der Waals surface area contributed by atoms with Crippen LogP contribution in [0.15, 0.2) is 60.7 Å². The Morgan fingerprint density at radius 3 is 1.88 bits per heavy atom. The standard InChI is InChI=1S/C28H13F10NO2S/c1-12-2-4-16(17(29)6-12)13-7-18(30)24(19(31)8-13)27(35,36)40-14-3-5-22-23(11-14)42-26(39-22)28(37,38)41-15-9-20(32)25(34)21(33)10-15/h2-11H,1H3. The Kier molecular flexibility index (Phi) is 7.29. The number of benzene rings is 4. The van der Waals surface area contributed by atoms with Gasteiger partial charge in [0.15, 0.2) is 17.5 Å². The Balaban J connectivity index is 1.41. The second-order valence-electron chi connectivity index (χ2n) is 8.89. The van der Waals surface area contributed by atoms with Crippen molar-refractivity contribution in [2.24, 2.45) is 0 Å². The highest BCUT2D eigenvalue weighted by molar-refractivity contribution is 7.18. The van der Waals surface area contributed by atoms with E-state index in [9.17, 15) is 43.9 Å². The summed E-state index contributed by atoms with van der Waals surface area (Å²) < 4.78 is 151. The average molecular weight is 617 g/mol. The lowest BCUT2D eigenvalue weighted by Crippen LogP contribution is -2.25. The molecule has 0 radical (unpaired) electrons. The maximum absolute atomic E-state index is 14.9. The predicted molar refractivity (Wildman–Crippen MR) is 131 cm³/mol. The molecular weight excluding hydrogens is 604 g/mol. The smallest absolute Gasteiger partial charge is 0.429 e. The van der Waals surface area contributed by atoms with Crippen molar-refractivity contribution in [2.75, 3.05) is 0 Å². The minimum Gasteiger partial charge on any atom is -0.429 e. The van der Waals surface area contributed by atoms with Gasteiger partial charge in [-0.2, -0.15) is 17.6 Å². The van der Waals surface area contributed by atoms with Crippen molar-refractivity contribution >= 4 is 21.6 Å². The van der Waals surface area contributed by atoms with E-state index in [1.165, 1.54) is 12.1 Å². The number of fused-ring (bicyclic) bond motifs is 1. The number of thiazole rings is 1. The van der Waals surface area contributed by atoms with Crippen LogP contribution in [0.25, 0.3) is 21.3 Å². The van der Waals surface area contributed by atoms with Crippen LogP contribution in [0.4, 0.5) is 43.9 Å². The van der Waals surface area contributed by atoms with Crippen molar-refractivity contribution in [2.45, 2.75) is 19.1 Å². The van der Waals surface area contributed by atoms with Gasteiger partial charge in [-0.1, -0.05) is 12.1 Å². The third-order valence-corrected chi connectivity index (χ3v) is 6.90. The number of aryl methyl sites for hydroxylation is 1. The number of rotatable bonds is 7. The Labute approximate surface area is 233 Å². The molecule has 1 aromatic heterocycles. The minimum atomic E-state index is -4.61. The number of nitrogens with zero attached hydrogens (tertiary/aromatic N) is 1. The van der Waals surface area contributed by atoms with Gasteiger partial charge in [0.2, 0.25) is 5.01 Å². The predicted octanol–water partition coefficient (Wildman–Crippen LogP) is 9.36. The summed E-state index contributed by atoms with van der Waals surface area (Å²) >= 11 is 0.223. The molecule has 0 spiro atoms. The minimum absolute atomic E-state index is 0.160. The summed E-state index contributed by atoms with van der Waals surface area (Å²) in [5, 5.41) is -1.07. The summed E-state index contributed by atoms with van der Waals surface area (Å²) in [5.74, 6) is -11.5. The molecule has 42 heavy (non-hydrogen) atoms. The Hall–Kier alpha value is -4.33. The van der Waals surface area contributed by atoms with E-state index in [4.69, 9.17) is 0 Å². The molecule has 0 unspecified atom stereocenters. The molecule has 0 saturated heterocycles. The number of aromatic nitrogens is 1. The van der Waals surface area contributed by atoms with Crippen LogP contribution in [0.5, 0.6) is 11.5 Å². The molecule has 5 aromatic rings. The van der Waals surface area contributed by atoms with E-state index < -0.39 is 69.2 Å². The fraction of sp³-hybridized carbons (Fsp3) is 0.107. The number of alkyl halides is 4. The van der Waals surface area contributed by atoms with Crippen molar-refractivity contribution in [1.29, 1.82) is 0 Å². The third kappa shape index (κ3) is 5.58. The lowest BCUT2D eigenvalue weighted by Gasteiger charge is -2.20. The Morgan fingerprint density at radius 2 is 1.26 bits per heavy atom. The van der Waals surface area contributed by atoms with E-state index in [0.29, 0.717) is 17.7 Å². The fourth-order valence-corrected chi connectivity index (χ4v) is 4.84. The lowest BCUT2D eigenvalue weighted by atomic mass is 10.0. The summed E-state index contributed by atoms with van der Waals surface area (Å²) in [5.41, 5.74) is -1.98.